The number of alkyl halides is 1. The number of halogens is 1. The van der Waals surface area contributed by atoms with Gasteiger partial charge in [0.1, 0.15) is 0 Å². The summed E-state index contributed by atoms with van der Waals surface area (Å²) in [7, 11) is 1.60. The summed E-state index contributed by atoms with van der Waals surface area (Å²) in [6.07, 6.45) is -1.28. The lowest BCUT2D eigenvalue weighted by Gasteiger charge is -2.34. The summed E-state index contributed by atoms with van der Waals surface area (Å²) in [5.41, 5.74) is 4.51. The monoisotopic (exact) mass is 318 g/mol. The van der Waals surface area contributed by atoms with E-state index in [1.807, 2.05) is 79.7 Å². The van der Waals surface area contributed by atoms with E-state index in [9.17, 15) is 0 Å². The van der Waals surface area contributed by atoms with Crippen LogP contribution in [0.3, 0.4) is 0 Å². The van der Waals surface area contributed by atoms with Crippen molar-refractivity contribution in [3.05, 3.63) is 95.1 Å². The topological polar surface area (TPSA) is 9.23 Å². The van der Waals surface area contributed by atoms with Crippen molar-refractivity contribution < 1.29 is 9.13 Å². The highest BCUT2D eigenvalue weighted by atomic mass is 19.1. The van der Waals surface area contributed by atoms with E-state index >= 15 is 4.39 Å². The minimum atomic E-state index is -1.28. The Bertz CT molecular complexity index is 837. The van der Waals surface area contributed by atoms with E-state index in [0.29, 0.717) is 5.56 Å². The molecule has 0 bridgehead atoms. The Morgan fingerprint density at radius 3 is 1.79 bits per heavy atom. The number of hydrogen-bond donors (Lipinski definition) is 0. The Morgan fingerprint density at radius 2 is 1.29 bits per heavy atom. The molecule has 2 heteroatoms. The number of hydrogen-bond acceptors (Lipinski definition) is 1. The van der Waals surface area contributed by atoms with Crippen LogP contribution in [0.4, 0.5) is 4.39 Å². The first kappa shape index (κ1) is 15.1. The van der Waals surface area contributed by atoms with Gasteiger partial charge < -0.3 is 4.74 Å². The van der Waals surface area contributed by atoms with Crippen molar-refractivity contribution in [3.63, 3.8) is 0 Å². The quantitative estimate of drug-likeness (QED) is 0.613. The van der Waals surface area contributed by atoms with Crippen molar-refractivity contribution in [1.82, 2.24) is 0 Å². The van der Waals surface area contributed by atoms with Gasteiger partial charge in [0.25, 0.3) is 0 Å². The molecule has 4 rings (SSSR count). The van der Waals surface area contributed by atoms with Crippen LogP contribution >= 0.6 is 0 Å². The van der Waals surface area contributed by atoms with Crippen LogP contribution in [0, 0.1) is 6.92 Å². The normalized spacial score (nSPS) is 15.6. The lowest BCUT2D eigenvalue weighted by Crippen LogP contribution is -2.33. The molecule has 3 aromatic carbocycles. The van der Waals surface area contributed by atoms with Crippen LogP contribution in [0.5, 0.6) is 0 Å². The van der Waals surface area contributed by atoms with Gasteiger partial charge in [0.05, 0.1) is 0 Å². The third-order valence-corrected chi connectivity index (χ3v) is 4.99. The molecule has 0 aliphatic heterocycles. The molecule has 0 radical (unpaired) electrons. The Morgan fingerprint density at radius 1 is 0.792 bits per heavy atom. The second-order valence-electron chi connectivity index (χ2n) is 6.30. The number of rotatable bonds is 3. The molecule has 0 spiro atoms. The van der Waals surface area contributed by atoms with Crippen LogP contribution < -0.4 is 0 Å². The van der Waals surface area contributed by atoms with Crippen LogP contribution in [-0.2, 0) is 10.3 Å². The van der Waals surface area contributed by atoms with Crippen LogP contribution in [0.15, 0.2) is 72.8 Å². The number of methoxy groups -OCH3 is 1. The van der Waals surface area contributed by atoms with Gasteiger partial charge in [-0.1, -0.05) is 78.4 Å². The molecule has 0 fully saturated rings. The van der Waals surface area contributed by atoms with Gasteiger partial charge in [-0.25, -0.2) is 4.39 Å². The van der Waals surface area contributed by atoms with E-state index in [0.717, 1.165) is 27.8 Å². The minimum absolute atomic E-state index is 0.633. The van der Waals surface area contributed by atoms with Crippen molar-refractivity contribution in [1.29, 1.82) is 0 Å². The summed E-state index contributed by atoms with van der Waals surface area (Å²) in [5, 5.41) is 0. The molecule has 1 nitrogen and oxygen atoms in total. The molecule has 3 aromatic rings. The van der Waals surface area contributed by atoms with Gasteiger partial charge in [-0.2, -0.15) is 0 Å². The van der Waals surface area contributed by atoms with E-state index in [2.05, 4.69) is 0 Å². The second kappa shape index (κ2) is 5.57. The van der Waals surface area contributed by atoms with Gasteiger partial charge in [0.2, 0.25) is 0 Å². The molecule has 120 valence electrons. The maximum absolute atomic E-state index is 15.9. The van der Waals surface area contributed by atoms with Gasteiger partial charge in [0, 0.05) is 7.11 Å². The van der Waals surface area contributed by atoms with Crippen LogP contribution in [-0.4, -0.2) is 7.11 Å². The van der Waals surface area contributed by atoms with Crippen molar-refractivity contribution in [2.24, 2.45) is 0 Å². The summed E-state index contributed by atoms with van der Waals surface area (Å²) in [5.74, 6) is 0. The summed E-state index contributed by atoms with van der Waals surface area (Å²) >= 11 is 0. The lowest BCUT2D eigenvalue weighted by atomic mass is 9.83. The molecule has 1 aliphatic carbocycles. The average molecular weight is 318 g/mol. The summed E-state index contributed by atoms with van der Waals surface area (Å²) in [4.78, 5) is 0. The van der Waals surface area contributed by atoms with Gasteiger partial charge in [-0.15, -0.1) is 0 Å². The van der Waals surface area contributed by atoms with E-state index in [1.165, 1.54) is 0 Å². The fourth-order valence-corrected chi connectivity index (χ4v) is 3.80. The predicted molar refractivity (Wildman–Crippen MR) is 94.7 cm³/mol. The Balaban J connectivity index is 1.97. The van der Waals surface area contributed by atoms with Crippen molar-refractivity contribution in [2.45, 2.75) is 18.7 Å². The molecule has 0 aromatic heterocycles. The van der Waals surface area contributed by atoms with E-state index in [-0.39, 0.29) is 0 Å². The summed E-state index contributed by atoms with van der Waals surface area (Å²) in [6.45, 7) is 2.00. The smallest absolute Gasteiger partial charge is 0.162 e. The second-order valence-corrected chi connectivity index (χ2v) is 6.30. The first-order valence-corrected chi connectivity index (χ1v) is 8.13. The highest BCUT2D eigenvalue weighted by Gasteiger charge is 2.50. The Labute approximate surface area is 141 Å². The minimum Gasteiger partial charge on any atom is -0.365 e. The molecule has 0 saturated heterocycles. The zero-order chi connectivity index (χ0) is 16.7. The Kier molecular flexibility index (Phi) is 3.50. The van der Waals surface area contributed by atoms with Crippen LogP contribution in [0.25, 0.3) is 11.1 Å². The number of ether oxygens (including phenoxy) is 1. The third kappa shape index (κ3) is 1.96. The van der Waals surface area contributed by atoms with Crippen molar-refractivity contribution in [3.8, 4) is 11.1 Å². The third-order valence-electron chi connectivity index (χ3n) is 4.99. The summed E-state index contributed by atoms with van der Waals surface area (Å²) < 4.78 is 21.8. The average Bonchev–Trinajstić information content (AvgIpc) is 2.93. The van der Waals surface area contributed by atoms with E-state index in [4.69, 9.17) is 4.74 Å². The maximum atomic E-state index is 15.9. The molecule has 0 amide bonds. The highest BCUT2D eigenvalue weighted by molar-refractivity contribution is 5.80. The SMILES string of the molecule is COC1(C(F)c2ccc(C)cc2)c2ccccc2-c2ccccc21. The number of fused-ring (bicyclic) bond motifs is 3. The van der Waals surface area contributed by atoms with Crippen LogP contribution in [0.2, 0.25) is 0 Å². The molecule has 0 N–H and O–H groups in total. The maximum Gasteiger partial charge on any atom is 0.162 e. The Hall–Kier alpha value is -2.45. The molecule has 1 unspecified atom stereocenters. The fraction of sp³-hybridized carbons (Fsp3) is 0.182. The zero-order valence-electron chi connectivity index (χ0n) is 13.8. The van der Waals surface area contributed by atoms with Crippen molar-refractivity contribution in [2.75, 3.05) is 7.11 Å². The van der Waals surface area contributed by atoms with E-state index < -0.39 is 11.8 Å². The highest BCUT2D eigenvalue weighted by Crippen LogP contribution is 2.56. The first-order valence-electron chi connectivity index (χ1n) is 8.13. The molecular weight excluding hydrogens is 299 g/mol. The number of aryl methyl sites for hydroxylation is 1. The molecule has 1 atom stereocenters. The molecule has 1 aliphatic rings. The van der Waals surface area contributed by atoms with Gasteiger partial charge >= 0.3 is 0 Å². The van der Waals surface area contributed by atoms with Crippen molar-refractivity contribution >= 4 is 0 Å². The largest absolute Gasteiger partial charge is 0.365 e. The lowest BCUT2D eigenvalue weighted by molar-refractivity contribution is -0.0420. The van der Waals surface area contributed by atoms with Gasteiger partial charge in [0.15, 0.2) is 11.8 Å². The molecule has 0 heterocycles. The predicted octanol–water partition coefficient (Wildman–Crippen LogP) is 5.58. The number of benzene rings is 3. The van der Waals surface area contributed by atoms with E-state index in [1.54, 1.807) is 7.11 Å². The fourth-order valence-electron chi connectivity index (χ4n) is 3.80. The molecular formula is C22H19FO. The van der Waals surface area contributed by atoms with Crippen LogP contribution in [0.1, 0.15) is 28.4 Å². The zero-order valence-corrected chi connectivity index (χ0v) is 13.8. The summed E-state index contributed by atoms with van der Waals surface area (Å²) in [6, 6.07) is 23.5. The molecule has 0 saturated carbocycles. The molecule has 24 heavy (non-hydrogen) atoms. The first-order chi connectivity index (χ1) is 11.7. The standard InChI is InChI=1S/C22H19FO/c1-15-11-13-16(14-12-15)21(23)22(24-2)19-9-5-3-7-17(19)18-8-4-6-10-20(18)22/h3-14,21H,1-2H3. The van der Waals surface area contributed by atoms with Gasteiger partial charge in [-0.3, -0.25) is 0 Å². The van der Waals surface area contributed by atoms with Gasteiger partial charge in [-0.05, 0) is 34.7 Å².